The number of fused-ring (bicyclic) bond motifs is 1. The SMILES string of the molecule is CC1CC(C#N)N(C(=O)NCCc2cc3ccccc3[nH]2)C1.O=CNc1ccccc1. The summed E-state index contributed by atoms with van der Waals surface area (Å²) in [6.45, 7) is 3.30. The summed E-state index contributed by atoms with van der Waals surface area (Å²) in [5, 5.41) is 15.7. The van der Waals surface area contributed by atoms with E-state index in [1.807, 2.05) is 48.5 Å². The smallest absolute Gasteiger partial charge is 0.318 e. The van der Waals surface area contributed by atoms with E-state index in [-0.39, 0.29) is 12.1 Å². The van der Waals surface area contributed by atoms with Crippen molar-refractivity contribution in [2.75, 3.05) is 18.4 Å². The van der Waals surface area contributed by atoms with Gasteiger partial charge in [0, 0.05) is 36.4 Å². The molecule has 1 aliphatic rings. The quantitative estimate of drug-likeness (QED) is 0.549. The largest absolute Gasteiger partial charge is 0.358 e. The molecular formula is C24H27N5O2. The zero-order chi connectivity index (χ0) is 22.1. The van der Waals surface area contributed by atoms with Crippen LogP contribution in [0.25, 0.3) is 10.9 Å². The fraction of sp³-hybridized carbons (Fsp3) is 0.292. The number of nitrogens with one attached hydrogen (secondary N) is 3. The Hall–Kier alpha value is -3.79. The van der Waals surface area contributed by atoms with Crippen LogP contribution < -0.4 is 10.6 Å². The number of benzene rings is 2. The Labute approximate surface area is 182 Å². The van der Waals surface area contributed by atoms with Crippen molar-refractivity contribution in [2.45, 2.75) is 25.8 Å². The Morgan fingerprint density at radius 1 is 1.23 bits per heavy atom. The molecule has 7 heteroatoms. The molecule has 3 aromatic rings. The molecule has 1 aromatic heterocycles. The summed E-state index contributed by atoms with van der Waals surface area (Å²) in [6.07, 6.45) is 2.18. The van der Waals surface area contributed by atoms with Crippen LogP contribution in [0.3, 0.4) is 0 Å². The second kappa shape index (κ2) is 10.8. The Morgan fingerprint density at radius 3 is 2.68 bits per heavy atom. The number of aromatic amines is 1. The van der Waals surface area contributed by atoms with Crippen molar-refractivity contribution < 1.29 is 9.59 Å². The summed E-state index contributed by atoms with van der Waals surface area (Å²) >= 11 is 0. The molecule has 3 amide bonds. The van der Waals surface area contributed by atoms with Crippen LogP contribution in [0.2, 0.25) is 0 Å². The lowest BCUT2D eigenvalue weighted by Crippen LogP contribution is -2.43. The fourth-order valence-corrected chi connectivity index (χ4v) is 3.67. The average Bonchev–Trinajstić information content (AvgIpc) is 3.37. The summed E-state index contributed by atoms with van der Waals surface area (Å²) in [5.41, 5.74) is 3.04. The second-order valence-electron chi connectivity index (χ2n) is 7.63. The predicted octanol–water partition coefficient (Wildman–Crippen LogP) is 3.91. The summed E-state index contributed by atoms with van der Waals surface area (Å²) in [4.78, 5) is 27.0. The molecule has 7 nitrogen and oxygen atoms in total. The number of carbonyl (C=O) groups is 2. The van der Waals surface area contributed by atoms with E-state index < -0.39 is 0 Å². The number of H-pyrrole nitrogens is 1. The third-order valence-electron chi connectivity index (χ3n) is 5.18. The van der Waals surface area contributed by atoms with Crippen LogP contribution in [0.5, 0.6) is 0 Å². The van der Waals surface area contributed by atoms with Crippen LogP contribution in [0.15, 0.2) is 60.7 Å². The first-order chi connectivity index (χ1) is 15.1. The van der Waals surface area contributed by atoms with Crippen molar-refractivity contribution in [2.24, 2.45) is 5.92 Å². The first-order valence-electron chi connectivity index (χ1n) is 10.4. The maximum Gasteiger partial charge on any atom is 0.318 e. The number of nitriles is 1. The standard InChI is InChI=1S/C17H20N4O.C7H7NO/c1-12-8-15(10-18)21(11-12)17(22)19-7-6-14-9-13-4-2-3-5-16(13)20-14;9-6-8-7-4-2-1-3-5-7/h2-5,9,12,15,20H,6-8,11H2,1H3,(H,19,22);1-6H,(H,8,9). The molecule has 2 heterocycles. The number of aromatic nitrogens is 1. The van der Waals surface area contributed by atoms with E-state index in [4.69, 9.17) is 5.26 Å². The zero-order valence-corrected chi connectivity index (χ0v) is 17.5. The molecule has 0 aliphatic carbocycles. The van der Waals surface area contributed by atoms with Crippen molar-refractivity contribution in [1.82, 2.24) is 15.2 Å². The van der Waals surface area contributed by atoms with E-state index in [9.17, 15) is 9.59 Å². The minimum absolute atomic E-state index is 0.132. The van der Waals surface area contributed by atoms with Crippen molar-refractivity contribution in [3.63, 3.8) is 0 Å². The van der Waals surface area contributed by atoms with Gasteiger partial charge in [-0.15, -0.1) is 0 Å². The van der Waals surface area contributed by atoms with E-state index in [2.05, 4.69) is 40.7 Å². The van der Waals surface area contributed by atoms with Gasteiger partial charge < -0.3 is 20.5 Å². The number of hydrogen-bond donors (Lipinski definition) is 3. The zero-order valence-electron chi connectivity index (χ0n) is 17.5. The molecule has 2 unspecified atom stereocenters. The number of likely N-dealkylation sites (tertiary alicyclic amines) is 1. The molecule has 3 N–H and O–H groups in total. The number of anilines is 1. The van der Waals surface area contributed by atoms with Crippen LogP contribution >= 0.6 is 0 Å². The normalized spacial score (nSPS) is 17.4. The predicted molar refractivity (Wildman–Crippen MR) is 121 cm³/mol. The maximum absolute atomic E-state index is 12.2. The summed E-state index contributed by atoms with van der Waals surface area (Å²) in [7, 11) is 0. The van der Waals surface area contributed by atoms with Crippen LogP contribution in [-0.2, 0) is 11.2 Å². The van der Waals surface area contributed by atoms with Crippen molar-refractivity contribution in [3.05, 3.63) is 66.4 Å². The van der Waals surface area contributed by atoms with Crippen LogP contribution in [-0.4, -0.2) is 41.5 Å². The molecular weight excluding hydrogens is 390 g/mol. The monoisotopic (exact) mass is 417 g/mol. The number of carbonyl (C=O) groups excluding carboxylic acids is 2. The van der Waals surface area contributed by atoms with E-state index >= 15 is 0 Å². The molecule has 0 spiro atoms. The Bertz CT molecular complexity index is 1010. The van der Waals surface area contributed by atoms with Crippen LogP contribution in [0.1, 0.15) is 19.0 Å². The third kappa shape index (κ3) is 6.09. The summed E-state index contributed by atoms with van der Waals surface area (Å²) in [6, 6.07) is 21.3. The topological polar surface area (TPSA) is 101 Å². The molecule has 0 saturated carbocycles. The van der Waals surface area contributed by atoms with Crippen molar-refractivity contribution in [1.29, 1.82) is 5.26 Å². The summed E-state index contributed by atoms with van der Waals surface area (Å²) in [5.74, 6) is 0.393. The van der Waals surface area contributed by atoms with Gasteiger partial charge in [-0.25, -0.2) is 4.79 Å². The highest BCUT2D eigenvalue weighted by molar-refractivity contribution is 5.80. The number of para-hydroxylation sites is 2. The van der Waals surface area contributed by atoms with Gasteiger partial charge in [-0.3, -0.25) is 4.79 Å². The summed E-state index contributed by atoms with van der Waals surface area (Å²) < 4.78 is 0. The van der Waals surface area contributed by atoms with Gasteiger partial charge >= 0.3 is 6.03 Å². The Kier molecular flexibility index (Phi) is 7.66. The number of amides is 3. The minimum atomic E-state index is -0.289. The van der Waals surface area contributed by atoms with Crippen LogP contribution in [0, 0.1) is 17.2 Å². The van der Waals surface area contributed by atoms with Gasteiger partial charge in [-0.1, -0.05) is 43.3 Å². The molecule has 1 fully saturated rings. The lowest BCUT2D eigenvalue weighted by molar-refractivity contribution is -0.105. The van der Waals surface area contributed by atoms with E-state index in [0.29, 0.717) is 25.4 Å². The molecule has 0 bridgehead atoms. The number of rotatable bonds is 5. The first-order valence-corrected chi connectivity index (χ1v) is 10.4. The van der Waals surface area contributed by atoms with Crippen molar-refractivity contribution >= 4 is 29.0 Å². The molecule has 4 rings (SSSR count). The fourth-order valence-electron chi connectivity index (χ4n) is 3.67. The number of nitrogens with zero attached hydrogens (tertiary/aromatic N) is 2. The molecule has 31 heavy (non-hydrogen) atoms. The van der Waals surface area contributed by atoms with Gasteiger partial charge in [0.05, 0.1) is 6.07 Å². The highest BCUT2D eigenvalue weighted by Crippen LogP contribution is 2.22. The third-order valence-corrected chi connectivity index (χ3v) is 5.18. The minimum Gasteiger partial charge on any atom is -0.358 e. The molecule has 2 atom stereocenters. The van der Waals surface area contributed by atoms with E-state index in [1.165, 1.54) is 5.39 Å². The first kappa shape index (κ1) is 21.9. The van der Waals surface area contributed by atoms with Gasteiger partial charge in [0.2, 0.25) is 6.41 Å². The second-order valence-corrected chi connectivity index (χ2v) is 7.63. The van der Waals surface area contributed by atoms with Crippen molar-refractivity contribution in [3.8, 4) is 6.07 Å². The molecule has 2 aromatic carbocycles. The average molecular weight is 418 g/mol. The number of urea groups is 1. The molecule has 1 aliphatic heterocycles. The Balaban J connectivity index is 0.000000254. The lowest BCUT2D eigenvalue weighted by atomic mass is 10.1. The molecule has 0 radical (unpaired) electrons. The number of hydrogen-bond acceptors (Lipinski definition) is 3. The highest BCUT2D eigenvalue weighted by Gasteiger charge is 2.32. The van der Waals surface area contributed by atoms with Gasteiger partial charge in [0.1, 0.15) is 6.04 Å². The van der Waals surface area contributed by atoms with Gasteiger partial charge in [0.15, 0.2) is 0 Å². The van der Waals surface area contributed by atoms with Gasteiger partial charge in [-0.2, -0.15) is 5.26 Å². The molecule has 160 valence electrons. The van der Waals surface area contributed by atoms with E-state index in [1.54, 1.807) is 4.90 Å². The van der Waals surface area contributed by atoms with E-state index in [0.717, 1.165) is 29.7 Å². The maximum atomic E-state index is 12.2. The highest BCUT2D eigenvalue weighted by atomic mass is 16.2. The van der Waals surface area contributed by atoms with Crippen LogP contribution in [0.4, 0.5) is 10.5 Å². The van der Waals surface area contributed by atoms with Gasteiger partial charge in [0.25, 0.3) is 0 Å². The Morgan fingerprint density at radius 2 is 1.97 bits per heavy atom. The lowest BCUT2D eigenvalue weighted by Gasteiger charge is -2.20. The van der Waals surface area contributed by atoms with Gasteiger partial charge in [-0.05, 0) is 42.0 Å². The molecule has 1 saturated heterocycles.